The SMILES string of the molecule is COc1ccc(C=C(NC(=O)c2ccccc2)C(=O)NN=Cc2ccc[nH]2)cc1OC. The summed E-state index contributed by atoms with van der Waals surface area (Å²) in [5.41, 5.74) is 4.21. The van der Waals surface area contributed by atoms with Crippen LogP contribution < -0.4 is 20.2 Å². The first-order valence-corrected chi connectivity index (χ1v) is 9.37. The number of rotatable bonds is 8. The summed E-state index contributed by atoms with van der Waals surface area (Å²) >= 11 is 0. The van der Waals surface area contributed by atoms with Gasteiger partial charge in [-0.1, -0.05) is 24.3 Å². The largest absolute Gasteiger partial charge is 0.493 e. The highest BCUT2D eigenvalue weighted by Gasteiger charge is 2.15. The van der Waals surface area contributed by atoms with Crippen molar-refractivity contribution in [1.29, 1.82) is 0 Å². The number of hydrogen-bond donors (Lipinski definition) is 3. The standard InChI is InChI=1S/C23H22N4O4/c1-30-20-11-10-16(14-21(20)31-2)13-19(26-22(28)17-7-4-3-5-8-17)23(29)27-25-15-18-9-6-12-24-18/h3-15,24H,1-2H3,(H,26,28)(H,27,29). The quantitative estimate of drug-likeness (QED) is 0.297. The molecule has 0 saturated carbocycles. The number of hydrazone groups is 1. The van der Waals surface area contributed by atoms with Gasteiger partial charge >= 0.3 is 0 Å². The highest BCUT2D eigenvalue weighted by molar-refractivity contribution is 6.05. The molecule has 0 aliphatic carbocycles. The molecule has 0 atom stereocenters. The fraction of sp³-hybridized carbons (Fsp3) is 0.0870. The van der Waals surface area contributed by atoms with E-state index in [0.717, 1.165) is 5.69 Å². The number of benzene rings is 2. The van der Waals surface area contributed by atoms with Crippen molar-refractivity contribution < 1.29 is 19.1 Å². The maximum Gasteiger partial charge on any atom is 0.287 e. The van der Waals surface area contributed by atoms with Gasteiger partial charge in [-0.2, -0.15) is 5.10 Å². The molecule has 8 heteroatoms. The fourth-order valence-electron chi connectivity index (χ4n) is 2.70. The first-order chi connectivity index (χ1) is 15.1. The van der Waals surface area contributed by atoms with Gasteiger partial charge in [0.2, 0.25) is 0 Å². The van der Waals surface area contributed by atoms with Crippen LogP contribution in [0.3, 0.4) is 0 Å². The van der Waals surface area contributed by atoms with Gasteiger partial charge in [0.15, 0.2) is 11.5 Å². The molecule has 0 saturated heterocycles. The molecular formula is C23H22N4O4. The van der Waals surface area contributed by atoms with E-state index in [1.165, 1.54) is 26.5 Å². The smallest absolute Gasteiger partial charge is 0.287 e. The molecule has 3 rings (SSSR count). The second kappa shape index (κ2) is 10.4. The number of aromatic amines is 1. The lowest BCUT2D eigenvalue weighted by Crippen LogP contribution is -2.32. The van der Waals surface area contributed by atoms with E-state index in [9.17, 15) is 9.59 Å². The summed E-state index contributed by atoms with van der Waals surface area (Å²) in [6.45, 7) is 0. The van der Waals surface area contributed by atoms with Gasteiger partial charge < -0.3 is 19.8 Å². The number of aromatic nitrogens is 1. The molecule has 8 nitrogen and oxygen atoms in total. The van der Waals surface area contributed by atoms with Crippen LogP contribution in [0.15, 0.2) is 77.7 Å². The molecule has 158 valence electrons. The second-order valence-corrected chi connectivity index (χ2v) is 6.32. The Kier molecular flexibility index (Phi) is 7.21. The Balaban J connectivity index is 1.86. The predicted molar refractivity (Wildman–Crippen MR) is 118 cm³/mol. The first-order valence-electron chi connectivity index (χ1n) is 9.37. The van der Waals surface area contributed by atoms with Gasteiger partial charge in [-0.05, 0) is 48.0 Å². The van der Waals surface area contributed by atoms with Crippen molar-refractivity contribution in [3.8, 4) is 11.5 Å². The molecule has 0 spiro atoms. The minimum atomic E-state index is -0.582. The van der Waals surface area contributed by atoms with Crippen LogP contribution in [-0.2, 0) is 4.79 Å². The van der Waals surface area contributed by atoms with Crippen molar-refractivity contribution in [1.82, 2.24) is 15.7 Å². The number of nitrogens with one attached hydrogen (secondary N) is 3. The molecule has 0 unspecified atom stereocenters. The van der Waals surface area contributed by atoms with Crippen molar-refractivity contribution in [2.75, 3.05) is 14.2 Å². The third-order valence-corrected chi connectivity index (χ3v) is 4.24. The third-order valence-electron chi connectivity index (χ3n) is 4.24. The Morgan fingerprint density at radius 1 is 0.968 bits per heavy atom. The lowest BCUT2D eigenvalue weighted by molar-refractivity contribution is -0.117. The van der Waals surface area contributed by atoms with Crippen molar-refractivity contribution in [2.24, 2.45) is 5.10 Å². The predicted octanol–water partition coefficient (Wildman–Crippen LogP) is 2.95. The van der Waals surface area contributed by atoms with E-state index in [2.05, 4.69) is 20.8 Å². The molecule has 2 amide bonds. The second-order valence-electron chi connectivity index (χ2n) is 6.32. The zero-order valence-electron chi connectivity index (χ0n) is 17.1. The maximum absolute atomic E-state index is 12.7. The Hall–Kier alpha value is -4.33. The van der Waals surface area contributed by atoms with Crippen LogP contribution in [0.2, 0.25) is 0 Å². The number of nitrogens with zero attached hydrogens (tertiary/aromatic N) is 1. The van der Waals surface area contributed by atoms with Gasteiger partial charge in [-0.15, -0.1) is 0 Å². The number of carbonyl (C=O) groups is 2. The molecule has 3 N–H and O–H groups in total. The zero-order valence-corrected chi connectivity index (χ0v) is 17.1. The summed E-state index contributed by atoms with van der Waals surface area (Å²) in [7, 11) is 3.06. The molecule has 0 aliphatic heterocycles. The highest BCUT2D eigenvalue weighted by Crippen LogP contribution is 2.28. The molecule has 0 radical (unpaired) electrons. The van der Waals surface area contributed by atoms with Gasteiger partial charge in [0.1, 0.15) is 5.70 Å². The average molecular weight is 418 g/mol. The fourth-order valence-corrected chi connectivity index (χ4v) is 2.70. The molecule has 31 heavy (non-hydrogen) atoms. The summed E-state index contributed by atoms with van der Waals surface area (Å²) < 4.78 is 10.5. The van der Waals surface area contributed by atoms with E-state index in [1.807, 2.05) is 6.07 Å². The van der Waals surface area contributed by atoms with E-state index in [0.29, 0.717) is 22.6 Å². The van der Waals surface area contributed by atoms with E-state index in [-0.39, 0.29) is 5.70 Å². The van der Waals surface area contributed by atoms with Gasteiger partial charge in [-0.3, -0.25) is 9.59 Å². The lowest BCUT2D eigenvalue weighted by atomic mass is 10.1. The molecule has 1 aromatic heterocycles. The molecule has 3 aromatic rings. The van der Waals surface area contributed by atoms with Gasteiger partial charge in [0.25, 0.3) is 11.8 Å². The van der Waals surface area contributed by atoms with E-state index < -0.39 is 11.8 Å². The van der Waals surface area contributed by atoms with Crippen molar-refractivity contribution >= 4 is 24.1 Å². The molecule has 2 aromatic carbocycles. The van der Waals surface area contributed by atoms with E-state index >= 15 is 0 Å². The van der Waals surface area contributed by atoms with E-state index in [1.54, 1.807) is 60.8 Å². The summed E-state index contributed by atoms with van der Waals surface area (Å²) in [4.78, 5) is 28.3. The van der Waals surface area contributed by atoms with E-state index in [4.69, 9.17) is 9.47 Å². The topological polar surface area (TPSA) is 105 Å². The lowest BCUT2D eigenvalue weighted by Gasteiger charge is -2.11. The van der Waals surface area contributed by atoms with Crippen molar-refractivity contribution in [3.05, 3.63) is 89.4 Å². The van der Waals surface area contributed by atoms with Crippen LogP contribution in [0.25, 0.3) is 6.08 Å². The van der Waals surface area contributed by atoms with Gasteiger partial charge in [0, 0.05) is 11.8 Å². The summed E-state index contributed by atoms with van der Waals surface area (Å²) in [6.07, 6.45) is 4.74. The van der Waals surface area contributed by atoms with Crippen molar-refractivity contribution in [2.45, 2.75) is 0 Å². The molecule has 0 bridgehead atoms. The first kappa shape index (κ1) is 21.4. The van der Waals surface area contributed by atoms with Gasteiger partial charge in [0.05, 0.1) is 26.1 Å². The number of methoxy groups -OCH3 is 2. The Labute approximate surface area is 179 Å². The summed E-state index contributed by atoms with van der Waals surface area (Å²) in [6, 6.07) is 17.4. The Morgan fingerprint density at radius 3 is 2.42 bits per heavy atom. The minimum Gasteiger partial charge on any atom is -0.493 e. The monoisotopic (exact) mass is 418 g/mol. The third kappa shape index (κ3) is 5.83. The summed E-state index contributed by atoms with van der Waals surface area (Å²) in [5.74, 6) is 0.0439. The molecular weight excluding hydrogens is 396 g/mol. The normalized spacial score (nSPS) is 11.2. The zero-order chi connectivity index (χ0) is 22.1. The van der Waals surface area contributed by atoms with Crippen LogP contribution >= 0.6 is 0 Å². The molecule has 0 aliphatic rings. The number of hydrogen-bond acceptors (Lipinski definition) is 5. The Morgan fingerprint density at radius 2 is 1.74 bits per heavy atom. The van der Waals surface area contributed by atoms with Crippen LogP contribution in [0, 0.1) is 0 Å². The maximum atomic E-state index is 12.7. The Bertz CT molecular complexity index is 1090. The van der Waals surface area contributed by atoms with Crippen LogP contribution in [0.4, 0.5) is 0 Å². The van der Waals surface area contributed by atoms with Gasteiger partial charge in [-0.25, -0.2) is 5.43 Å². The van der Waals surface area contributed by atoms with Crippen molar-refractivity contribution in [3.63, 3.8) is 0 Å². The number of carbonyl (C=O) groups excluding carboxylic acids is 2. The minimum absolute atomic E-state index is 0.0182. The summed E-state index contributed by atoms with van der Waals surface area (Å²) in [5, 5.41) is 6.57. The highest BCUT2D eigenvalue weighted by atomic mass is 16.5. The number of ether oxygens (including phenoxy) is 2. The molecule has 0 fully saturated rings. The van der Waals surface area contributed by atoms with Crippen LogP contribution in [-0.4, -0.2) is 37.2 Å². The number of H-pyrrole nitrogens is 1. The molecule has 1 heterocycles. The number of amides is 2. The van der Waals surface area contributed by atoms with Crippen LogP contribution in [0.5, 0.6) is 11.5 Å². The average Bonchev–Trinajstić information content (AvgIpc) is 3.32. The van der Waals surface area contributed by atoms with Crippen LogP contribution in [0.1, 0.15) is 21.6 Å².